The van der Waals surface area contributed by atoms with Crippen LogP contribution in [0.1, 0.15) is 11.1 Å². The average Bonchev–Trinajstić information content (AvgIpc) is 1.96. The summed E-state index contributed by atoms with van der Waals surface area (Å²) in [6, 6.07) is 3.38. The lowest BCUT2D eigenvalue weighted by atomic mass is 10.1. The van der Waals surface area contributed by atoms with E-state index in [9.17, 15) is 4.91 Å². The van der Waals surface area contributed by atoms with Gasteiger partial charge in [0.2, 0.25) is 0 Å². The van der Waals surface area contributed by atoms with Gasteiger partial charge in [-0.1, -0.05) is 11.6 Å². The van der Waals surface area contributed by atoms with Crippen molar-refractivity contribution in [2.45, 2.75) is 13.8 Å². The summed E-state index contributed by atoms with van der Waals surface area (Å²) < 4.78 is 0. The molecule has 0 N–H and O–H groups in total. The predicted octanol–water partition coefficient (Wildman–Crippen LogP) is 3.35. The maximum Gasteiger partial charge on any atom is 0.112 e. The Hall–Kier alpha value is -0.890. The van der Waals surface area contributed by atoms with Crippen molar-refractivity contribution in [2.75, 3.05) is 0 Å². The van der Waals surface area contributed by atoms with Crippen molar-refractivity contribution >= 4 is 17.3 Å². The van der Waals surface area contributed by atoms with Gasteiger partial charge in [-0.2, -0.15) is 0 Å². The first kappa shape index (κ1) is 8.21. The van der Waals surface area contributed by atoms with Gasteiger partial charge in [0.05, 0.1) is 0 Å². The van der Waals surface area contributed by atoms with Crippen LogP contribution in [0.5, 0.6) is 0 Å². The molecule has 0 radical (unpaired) electrons. The van der Waals surface area contributed by atoms with Crippen molar-refractivity contribution in [2.24, 2.45) is 5.18 Å². The van der Waals surface area contributed by atoms with Gasteiger partial charge in [-0.05, 0) is 42.3 Å². The van der Waals surface area contributed by atoms with Crippen LogP contribution < -0.4 is 0 Å². The molecule has 0 bridgehead atoms. The quantitative estimate of drug-likeness (QED) is 0.593. The molecule has 0 aliphatic carbocycles. The van der Waals surface area contributed by atoms with Crippen LogP contribution in [0.25, 0.3) is 0 Å². The number of rotatable bonds is 1. The lowest BCUT2D eigenvalue weighted by Crippen LogP contribution is -1.80. The van der Waals surface area contributed by atoms with Gasteiger partial charge in [0, 0.05) is 5.02 Å². The molecule has 11 heavy (non-hydrogen) atoms. The van der Waals surface area contributed by atoms with Gasteiger partial charge >= 0.3 is 0 Å². The van der Waals surface area contributed by atoms with E-state index in [1.165, 1.54) is 0 Å². The maximum absolute atomic E-state index is 10.2. The minimum Gasteiger partial charge on any atom is -0.145 e. The molecule has 1 aromatic rings. The summed E-state index contributed by atoms with van der Waals surface area (Å²) in [4.78, 5) is 10.2. The first-order valence-corrected chi connectivity index (χ1v) is 3.63. The summed E-state index contributed by atoms with van der Waals surface area (Å²) in [5, 5.41) is 3.42. The summed E-state index contributed by atoms with van der Waals surface area (Å²) in [6.45, 7) is 3.75. The van der Waals surface area contributed by atoms with E-state index in [1.807, 2.05) is 19.9 Å². The molecular formula is C8H8ClNO. The molecular weight excluding hydrogens is 162 g/mol. The van der Waals surface area contributed by atoms with E-state index in [-0.39, 0.29) is 0 Å². The number of hydrogen-bond donors (Lipinski definition) is 0. The van der Waals surface area contributed by atoms with Crippen molar-refractivity contribution in [3.8, 4) is 0 Å². The summed E-state index contributed by atoms with van der Waals surface area (Å²) in [7, 11) is 0. The number of hydrogen-bond acceptors (Lipinski definition) is 2. The van der Waals surface area contributed by atoms with Gasteiger partial charge in [-0.3, -0.25) is 0 Å². The number of benzene rings is 1. The largest absolute Gasteiger partial charge is 0.145 e. The molecule has 0 saturated heterocycles. The van der Waals surface area contributed by atoms with Crippen LogP contribution in [-0.4, -0.2) is 0 Å². The minimum atomic E-state index is 0.426. The molecule has 0 heterocycles. The highest BCUT2D eigenvalue weighted by atomic mass is 35.5. The van der Waals surface area contributed by atoms with Gasteiger partial charge in [0.15, 0.2) is 0 Å². The van der Waals surface area contributed by atoms with E-state index in [4.69, 9.17) is 11.6 Å². The molecule has 1 rings (SSSR count). The van der Waals surface area contributed by atoms with Crippen LogP contribution in [0, 0.1) is 18.8 Å². The Labute approximate surface area is 70.2 Å². The molecule has 2 nitrogen and oxygen atoms in total. The Bertz CT molecular complexity index is 296. The van der Waals surface area contributed by atoms with Crippen LogP contribution in [0.15, 0.2) is 17.3 Å². The van der Waals surface area contributed by atoms with Gasteiger partial charge in [-0.15, -0.1) is 4.91 Å². The Morgan fingerprint density at radius 1 is 1.36 bits per heavy atom. The van der Waals surface area contributed by atoms with Crippen LogP contribution >= 0.6 is 11.6 Å². The van der Waals surface area contributed by atoms with E-state index >= 15 is 0 Å². The monoisotopic (exact) mass is 169 g/mol. The van der Waals surface area contributed by atoms with Gasteiger partial charge < -0.3 is 0 Å². The van der Waals surface area contributed by atoms with Crippen molar-refractivity contribution in [1.82, 2.24) is 0 Å². The topological polar surface area (TPSA) is 29.4 Å². The SMILES string of the molecule is Cc1cc(Cl)cc(N=O)c1C. The van der Waals surface area contributed by atoms with Crippen molar-refractivity contribution < 1.29 is 0 Å². The van der Waals surface area contributed by atoms with E-state index < -0.39 is 0 Å². The summed E-state index contributed by atoms with van der Waals surface area (Å²) >= 11 is 5.70. The zero-order chi connectivity index (χ0) is 8.43. The Balaban J connectivity index is 3.35. The van der Waals surface area contributed by atoms with Gasteiger partial charge in [-0.25, -0.2) is 0 Å². The summed E-state index contributed by atoms with van der Waals surface area (Å²) in [6.07, 6.45) is 0. The standard InChI is InChI=1S/C8H8ClNO/c1-5-3-7(9)4-8(10-11)6(5)2/h3-4H,1-2H3. The Morgan fingerprint density at radius 2 is 2.00 bits per heavy atom. The van der Waals surface area contributed by atoms with Crippen LogP contribution in [0.2, 0.25) is 5.02 Å². The number of nitrogens with zero attached hydrogens (tertiary/aromatic N) is 1. The highest BCUT2D eigenvalue weighted by Gasteiger charge is 2.02. The molecule has 0 saturated carbocycles. The molecule has 0 unspecified atom stereocenters. The van der Waals surface area contributed by atoms with E-state index in [1.54, 1.807) is 6.07 Å². The van der Waals surface area contributed by atoms with Crippen LogP contribution in [-0.2, 0) is 0 Å². The van der Waals surface area contributed by atoms with Crippen LogP contribution in [0.3, 0.4) is 0 Å². The molecule has 0 spiro atoms. The zero-order valence-corrected chi connectivity index (χ0v) is 7.14. The van der Waals surface area contributed by atoms with E-state index in [2.05, 4.69) is 5.18 Å². The zero-order valence-electron chi connectivity index (χ0n) is 6.39. The van der Waals surface area contributed by atoms with E-state index in [0.717, 1.165) is 11.1 Å². The highest BCUT2D eigenvalue weighted by molar-refractivity contribution is 6.30. The lowest BCUT2D eigenvalue weighted by Gasteiger charge is -2.01. The average molecular weight is 170 g/mol. The second kappa shape index (κ2) is 3.01. The molecule has 0 amide bonds. The first-order valence-electron chi connectivity index (χ1n) is 3.25. The molecule has 0 aromatic heterocycles. The fourth-order valence-electron chi connectivity index (χ4n) is 0.892. The molecule has 0 fully saturated rings. The molecule has 1 aromatic carbocycles. The van der Waals surface area contributed by atoms with Crippen molar-refractivity contribution in [1.29, 1.82) is 0 Å². The van der Waals surface area contributed by atoms with E-state index in [0.29, 0.717) is 10.7 Å². The second-order valence-corrected chi connectivity index (χ2v) is 2.89. The minimum absolute atomic E-state index is 0.426. The fraction of sp³-hybridized carbons (Fsp3) is 0.250. The molecule has 3 heteroatoms. The molecule has 0 aliphatic heterocycles. The second-order valence-electron chi connectivity index (χ2n) is 2.46. The smallest absolute Gasteiger partial charge is 0.112 e. The Kier molecular flexibility index (Phi) is 2.25. The van der Waals surface area contributed by atoms with Gasteiger partial charge in [0.25, 0.3) is 0 Å². The van der Waals surface area contributed by atoms with Crippen molar-refractivity contribution in [3.63, 3.8) is 0 Å². The third-order valence-corrected chi connectivity index (χ3v) is 1.92. The highest BCUT2D eigenvalue weighted by Crippen LogP contribution is 2.25. The van der Waals surface area contributed by atoms with Crippen molar-refractivity contribution in [3.05, 3.63) is 33.2 Å². The number of aryl methyl sites for hydroxylation is 1. The summed E-state index contributed by atoms with van der Waals surface area (Å²) in [5.74, 6) is 0. The molecule has 0 aliphatic rings. The maximum atomic E-state index is 10.2. The summed E-state index contributed by atoms with van der Waals surface area (Å²) in [5.41, 5.74) is 2.31. The lowest BCUT2D eigenvalue weighted by molar-refractivity contribution is 1.30. The third kappa shape index (κ3) is 1.57. The number of nitroso groups, excluding NO2 is 1. The van der Waals surface area contributed by atoms with Crippen LogP contribution in [0.4, 0.5) is 5.69 Å². The number of halogens is 1. The normalized spacial score (nSPS) is 9.73. The molecule has 58 valence electrons. The molecule has 0 atom stereocenters. The Morgan fingerprint density at radius 3 is 2.55 bits per heavy atom. The first-order chi connectivity index (χ1) is 5.15. The predicted molar refractivity (Wildman–Crippen MR) is 46.4 cm³/mol. The third-order valence-electron chi connectivity index (χ3n) is 1.70. The fourth-order valence-corrected chi connectivity index (χ4v) is 1.16. The van der Waals surface area contributed by atoms with Gasteiger partial charge in [0.1, 0.15) is 5.69 Å².